The summed E-state index contributed by atoms with van der Waals surface area (Å²) >= 11 is 0. The summed E-state index contributed by atoms with van der Waals surface area (Å²) in [5.41, 5.74) is 1.15. The number of benzene rings is 1. The maximum absolute atomic E-state index is 11.1. The van der Waals surface area contributed by atoms with Crippen LogP contribution in [-0.4, -0.2) is 20.3 Å². The Labute approximate surface area is 82.3 Å². The maximum atomic E-state index is 11.1. The van der Waals surface area contributed by atoms with Gasteiger partial charge in [0.25, 0.3) is 0 Å². The van der Waals surface area contributed by atoms with E-state index in [4.69, 9.17) is 5.26 Å². The van der Waals surface area contributed by atoms with Crippen LogP contribution in [0.4, 0.5) is 10.5 Å². The number of nitrogens with zero attached hydrogens (tertiary/aromatic N) is 2. The lowest BCUT2D eigenvalue weighted by molar-refractivity contribution is 0.180. The predicted octanol–water partition coefficient (Wildman–Crippen LogP) is 1.76. The first-order valence-electron chi connectivity index (χ1n) is 4.01. The van der Waals surface area contributed by atoms with Crippen molar-refractivity contribution in [3.05, 3.63) is 29.8 Å². The topological polar surface area (TPSA) is 53.3 Å². The highest BCUT2D eigenvalue weighted by Gasteiger charge is 2.10. The second-order valence-corrected chi connectivity index (χ2v) is 2.69. The molecule has 0 aliphatic carbocycles. The van der Waals surface area contributed by atoms with E-state index in [0.29, 0.717) is 11.3 Å². The molecule has 4 heteroatoms. The second kappa shape index (κ2) is 4.28. The average molecular weight is 190 g/mol. The Bertz CT molecular complexity index is 382. The fourth-order valence-electron chi connectivity index (χ4n) is 1.03. The lowest BCUT2D eigenvalue weighted by Crippen LogP contribution is -2.25. The quantitative estimate of drug-likeness (QED) is 0.678. The largest absolute Gasteiger partial charge is 0.452 e. The van der Waals surface area contributed by atoms with Crippen molar-refractivity contribution >= 4 is 11.8 Å². The Hall–Kier alpha value is -2.02. The third-order valence-electron chi connectivity index (χ3n) is 1.81. The molecule has 72 valence electrons. The smallest absolute Gasteiger partial charge is 0.413 e. The monoisotopic (exact) mass is 190 g/mol. The van der Waals surface area contributed by atoms with Gasteiger partial charge < -0.3 is 4.74 Å². The van der Waals surface area contributed by atoms with Gasteiger partial charge in [-0.25, -0.2) is 4.79 Å². The van der Waals surface area contributed by atoms with Gasteiger partial charge in [0.15, 0.2) is 0 Å². The minimum Gasteiger partial charge on any atom is -0.452 e. The molecule has 0 unspecified atom stereocenters. The fourth-order valence-corrected chi connectivity index (χ4v) is 1.03. The van der Waals surface area contributed by atoms with Crippen molar-refractivity contribution in [1.29, 1.82) is 5.26 Å². The highest BCUT2D eigenvalue weighted by Crippen LogP contribution is 2.14. The van der Waals surface area contributed by atoms with Crippen molar-refractivity contribution in [3.8, 4) is 6.07 Å². The van der Waals surface area contributed by atoms with Gasteiger partial charge in [-0.2, -0.15) is 5.26 Å². The highest BCUT2D eigenvalue weighted by molar-refractivity contribution is 5.87. The van der Waals surface area contributed by atoms with Crippen LogP contribution in [0, 0.1) is 11.3 Å². The Morgan fingerprint density at radius 2 is 2.29 bits per heavy atom. The molecule has 0 aromatic heterocycles. The zero-order valence-electron chi connectivity index (χ0n) is 8.02. The Morgan fingerprint density at radius 3 is 2.86 bits per heavy atom. The number of carbonyl (C=O) groups excluding carboxylic acids is 1. The van der Waals surface area contributed by atoms with Gasteiger partial charge in [0, 0.05) is 12.7 Å². The predicted molar refractivity (Wildman–Crippen MR) is 52.0 cm³/mol. The molecular weight excluding hydrogens is 180 g/mol. The molecule has 0 spiro atoms. The number of anilines is 1. The number of ether oxygens (including phenoxy) is 1. The molecule has 0 N–H and O–H groups in total. The van der Waals surface area contributed by atoms with E-state index in [1.165, 1.54) is 12.0 Å². The van der Waals surface area contributed by atoms with Gasteiger partial charge in [0.2, 0.25) is 0 Å². The van der Waals surface area contributed by atoms with Crippen molar-refractivity contribution in [2.45, 2.75) is 0 Å². The van der Waals surface area contributed by atoms with E-state index in [-0.39, 0.29) is 0 Å². The van der Waals surface area contributed by atoms with Crippen LogP contribution in [-0.2, 0) is 4.74 Å². The second-order valence-electron chi connectivity index (χ2n) is 2.69. The van der Waals surface area contributed by atoms with Gasteiger partial charge in [-0.05, 0) is 18.2 Å². The molecule has 0 bridgehead atoms. The van der Waals surface area contributed by atoms with E-state index >= 15 is 0 Å². The van der Waals surface area contributed by atoms with Gasteiger partial charge in [0.1, 0.15) is 0 Å². The molecule has 0 heterocycles. The standard InChI is InChI=1S/C10H10N2O2/c1-12(10(13)14-2)9-5-3-4-8(6-9)7-11/h3-6H,1-2H3. The first-order valence-corrected chi connectivity index (χ1v) is 4.01. The van der Waals surface area contributed by atoms with Crippen LogP contribution in [0.2, 0.25) is 0 Å². The lowest BCUT2D eigenvalue weighted by Gasteiger charge is -2.15. The van der Waals surface area contributed by atoms with Crippen LogP contribution < -0.4 is 4.90 Å². The number of hydrogen-bond donors (Lipinski definition) is 0. The van der Waals surface area contributed by atoms with Crippen molar-refractivity contribution in [3.63, 3.8) is 0 Å². The van der Waals surface area contributed by atoms with Crippen LogP contribution in [0.1, 0.15) is 5.56 Å². The maximum Gasteiger partial charge on any atom is 0.413 e. The SMILES string of the molecule is COC(=O)N(C)c1cccc(C#N)c1. The average Bonchev–Trinajstić information content (AvgIpc) is 2.27. The zero-order valence-corrected chi connectivity index (χ0v) is 8.02. The molecule has 14 heavy (non-hydrogen) atoms. The number of hydrogen-bond acceptors (Lipinski definition) is 3. The first kappa shape index (κ1) is 10.1. The number of carbonyl (C=O) groups is 1. The lowest BCUT2D eigenvalue weighted by atomic mass is 10.2. The van der Waals surface area contributed by atoms with Crippen LogP contribution in [0.25, 0.3) is 0 Å². The molecule has 0 saturated heterocycles. The molecule has 4 nitrogen and oxygen atoms in total. The minimum absolute atomic E-state index is 0.458. The van der Waals surface area contributed by atoms with E-state index in [2.05, 4.69) is 4.74 Å². The normalized spacial score (nSPS) is 8.93. The molecule has 0 radical (unpaired) electrons. The zero-order chi connectivity index (χ0) is 10.6. The van der Waals surface area contributed by atoms with E-state index < -0.39 is 6.09 Å². The highest BCUT2D eigenvalue weighted by atomic mass is 16.5. The number of methoxy groups -OCH3 is 1. The van der Waals surface area contributed by atoms with Crippen LogP contribution in [0.3, 0.4) is 0 Å². The molecule has 0 saturated carbocycles. The van der Waals surface area contributed by atoms with Crippen LogP contribution in [0.15, 0.2) is 24.3 Å². The number of rotatable bonds is 1. The van der Waals surface area contributed by atoms with E-state index in [9.17, 15) is 4.79 Å². The molecule has 0 fully saturated rings. The van der Waals surface area contributed by atoms with Gasteiger partial charge >= 0.3 is 6.09 Å². The van der Waals surface area contributed by atoms with E-state index in [0.717, 1.165) is 0 Å². The van der Waals surface area contributed by atoms with Crippen LogP contribution in [0.5, 0.6) is 0 Å². The molecule has 0 atom stereocenters. The number of amides is 1. The first-order chi connectivity index (χ1) is 6.69. The molecule has 1 amide bonds. The van der Waals surface area contributed by atoms with Crippen molar-refractivity contribution < 1.29 is 9.53 Å². The summed E-state index contributed by atoms with van der Waals surface area (Å²) in [7, 11) is 2.90. The summed E-state index contributed by atoms with van der Waals surface area (Å²) in [5.74, 6) is 0. The summed E-state index contributed by atoms with van der Waals surface area (Å²) in [6.45, 7) is 0. The molecule has 1 aromatic rings. The molecule has 1 aromatic carbocycles. The molecule has 1 rings (SSSR count). The van der Waals surface area contributed by atoms with Crippen molar-refractivity contribution in [2.24, 2.45) is 0 Å². The molecule has 0 aliphatic heterocycles. The Morgan fingerprint density at radius 1 is 1.57 bits per heavy atom. The van der Waals surface area contributed by atoms with E-state index in [1.807, 2.05) is 6.07 Å². The Kier molecular flexibility index (Phi) is 3.08. The van der Waals surface area contributed by atoms with Gasteiger partial charge in [0.05, 0.1) is 18.7 Å². The minimum atomic E-state index is -0.458. The van der Waals surface area contributed by atoms with E-state index in [1.54, 1.807) is 31.3 Å². The van der Waals surface area contributed by atoms with Gasteiger partial charge in [-0.1, -0.05) is 6.07 Å². The summed E-state index contributed by atoms with van der Waals surface area (Å²) in [5, 5.41) is 8.65. The fraction of sp³-hybridized carbons (Fsp3) is 0.200. The number of nitriles is 1. The van der Waals surface area contributed by atoms with Gasteiger partial charge in [-0.15, -0.1) is 0 Å². The van der Waals surface area contributed by atoms with Crippen molar-refractivity contribution in [2.75, 3.05) is 19.1 Å². The summed E-state index contributed by atoms with van der Waals surface area (Å²) in [4.78, 5) is 12.5. The summed E-state index contributed by atoms with van der Waals surface area (Å²) < 4.78 is 4.54. The third kappa shape index (κ3) is 2.02. The Balaban J connectivity index is 2.96. The summed E-state index contributed by atoms with van der Waals surface area (Å²) in [6.07, 6.45) is -0.458. The molecule has 0 aliphatic rings. The van der Waals surface area contributed by atoms with Crippen molar-refractivity contribution in [1.82, 2.24) is 0 Å². The molecular formula is C10H10N2O2. The van der Waals surface area contributed by atoms with Crippen LogP contribution >= 0.6 is 0 Å². The third-order valence-corrected chi connectivity index (χ3v) is 1.81. The summed E-state index contributed by atoms with van der Waals surface area (Å²) in [6, 6.07) is 8.75. The van der Waals surface area contributed by atoms with Gasteiger partial charge in [-0.3, -0.25) is 4.90 Å².